The van der Waals surface area contributed by atoms with E-state index in [2.05, 4.69) is 5.32 Å². The molecule has 0 saturated heterocycles. The van der Waals surface area contributed by atoms with Gasteiger partial charge in [0, 0.05) is 18.2 Å². The Hall–Kier alpha value is -2.17. The van der Waals surface area contributed by atoms with Gasteiger partial charge < -0.3 is 5.32 Å². The first-order chi connectivity index (χ1) is 12.5. The van der Waals surface area contributed by atoms with Crippen molar-refractivity contribution in [2.45, 2.75) is 58.8 Å². The predicted octanol–water partition coefficient (Wildman–Crippen LogP) is 4.24. The molecular weight excluding hydrogens is 328 g/mol. The third-order valence-electron chi connectivity index (χ3n) is 5.76. The molecule has 0 bridgehead atoms. The third-order valence-corrected chi connectivity index (χ3v) is 5.76. The van der Waals surface area contributed by atoms with E-state index in [1.165, 1.54) is 24.2 Å². The average Bonchev–Trinajstić information content (AvgIpc) is 2.88. The van der Waals surface area contributed by atoms with Crippen LogP contribution in [0.2, 0.25) is 0 Å². The van der Waals surface area contributed by atoms with Gasteiger partial charge in [0.25, 0.3) is 11.8 Å². The Balaban J connectivity index is 1.74. The SMILES string of the molecule is CCC(CC)C(=O)Nc1ccc2c(c1)C(=O)N(CC1CCCCC1)C2=O. The van der Waals surface area contributed by atoms with Gasteiger partial charge in [-0.1, -0.05) is 33.1 Å². The van der Waals surface area contributed by atoms with Gasteiger partial charge in [0.05, 0.1) is 11.1 Å². The summed E-state index contributed by atoms with van der Waals surface area (Å²) in [5.74, 6) is -0.0863. The normalized spacial score (nSPS) is 17.7. The molecule has 0 unspecified atom stereocenters. The van der Waals surface area contributed by atoms with E-state index in [1.54, 1.807) is 18.2 Å². The number of rotatable bonds is 6. The van der Waals surface area contributed by atoms with Crippen LogP contribution in [0.15, 0.2) is 18.2 Å². The molecule has 0 aromatic heterocycles. The van der Waals surface area contributed by atoms with Crippen molar-refractivity contribution < 1.29 is 14.4 Å². The molecule has 26 heavy (non-hydrogen) atoms. The second-order valence-corrected chi connectivity index (χ2v) is 7.49. The number of carbonyl (C=O) groups is 3. The summed E-state index contributed by atoms with van der Waals surface area (Å²) < 4.78 is 0. The molecule has 3 rings (SSSR count). The van der Waals surface area contributed by atoms with Crippen molar-refractivity contribution in [3.63, 3.8) is 0 Å². The minimum atomic E-state index is -0.228. The quantitative estimate of drug-likeness (QED) is 0.775. The second kappa shape index (κ2) is 8.02. The van der Waals surface area contributed by atoms with Crippen molar-refractivity contribution in [2.24, 2.45) is 11.8 Å². The highest BCUT2D eigenvalue weighted by molar-refractivity contribution is 6.21. The van der Waals surface area contributed by atoms with Crippen molar-refractivity contribution in [1.29, 1.82) is 0 Å². The highest BCUT2D eigenvalue weighted by Crippen LogP contribution is 2.30. The zero-order valence-electron chi connectivity index (χ0n) is 15.7. The molecule has 5 nitrogen and oxygen atoms in total. The summed E-state index contributed by atoms with van der Waals surface area (Å²) in [6.45, 7) is 4.49. The smallest absolute Gasteiger partial charge is 0.261 e. The molecule has 0 radical (unpaired) electrons. The fraction of sp³-hybridized carbons (Fsp3) is 0.571. The summed E-state index contributed by atoms with van der Waals surface area (Å²) in [5, 5.41) is 2.88. The molecule has 140 valence electrons. The molecular formula is C21H28N2O3. The third kappa shape index (κ3) is 3.67. The van der Waals surface area contributed by atoms with Crippen LogP contribution in [0.4, 0.5) is 5.69 Å². The van der Waals surface area contributed by atoms with Crippen molar-refractivity contribution in [1.82, 2.24) is 4.90 Å². The Morgan fingerprint density at radius 3 is 2.38 bits per heavy atom. The Labute approximate surface area is 155 Å². The molecule has 2 aliphatic rings. The summed E-state index contributed by atoms with van der Waals surface area (Å²) in [6, 6.07) is 5.03. The van der Waals surface area contributed by atoms with E-state index >= 15 is 0 Å². The number of amides is 3. The maximum absolute atomic E-state index is 12.8. The Morgan fingerprint density at radius 1 is 1.08 bits per heavy atom. The topological polar surface area (TPSA) is 66.5 Å². The van der Waals surface area contributed by atoms with E-state index in [4.69, 9.17) is 0 Å². The second-order valence-electron chi connectivity index (χ2n) is 7.49. The number of benzene rings is 1. The monoisotopic (exact) mass is 356 g/mol. The lowest BCUT2D eigenvalue weighted by molar-refractivity contribution is -0.120. The minimum Gasteiger partial charge on any atom is -0.326 e. The van der Waals surface area contributed by atoms with E-state index < -0.39 is 0 Å². The zero-order chi connectivity index (χ0) is 18.7. The van der Waals surface area contributed by atoms with Gasteiger partial charge in [0.1, 0.15) is 0 Å². The average molecular weight is 356 g/mol. The number of anilines is 1. The van der Waals surface area contributed by atoms with Crippen LogP contribution >= 0.6 is 0 Å². The molecule has 1 saturated carbocycles. The first kappa shape index (κ1) is 18.6. The van der Waals surface area contributed by atoms with E-state index in [9.17, 15) is 14.4 Å². The molecule has 0 atom stereocenters. The molecule has 1 aliphatic carbocycles. The van der Waals surface area contributed by atoms with Crippen LogP contribution in [0.1, 0.15) is 79.5 Å². The van der Waals surface area contributed by atoms with Crippen molar-refractivity contribution in [3.05, 3.63) is 29.3 Å². The standard InChI is InChI=1S/C21H28N2O3/c1-3-15(4-2)19(24)22-16-10-11-17-18(12-16)21(26)23(20(17)25)13-14-8-6-5-7-9-14/h10-12,14-15H,3-9,13H2,1-2H3,(H,22,24). The summed E-state index contributed by atoms with van der Waals surface area (Å²) >= 11 is 0. The number of fused-ring (bicyclic) bond motifs is 1. The Bertz CT molecular complexity index is 703. The lowest BCUT2D eigenvalue weighted by atomic mass is 9.89. The van der Waals surface area contributed by atoms with Gasteiger partial charge in [-0.25, -0.2) is 0 Å². The number of hydrogen-bond donors (Lipinski definition) is 1. The largest absolute Gasteiger partial charge is 0.326 e. The number of hydrogen-bond acceptors (Lipinski definition) is 3. The van der Waals surface area contributed by atoms with Crippen LogP contribution in [0.5, 0.6) is 0 Å². The van der Waals surface area contributed by atoms with Gasteiger partial charge in [-0.15, -0.1) is 0 Å². The molecule has 1 aromatic carbocycles. The van der Waals surface area contributed by atoms with E-state index in [-0.39, 0.29) is 23.6 Å². The van der Waals surface area contributed by atoms with Crippen LogP contribution in [0.3, 0.4) is 0 Å². The van der Waals surface area contributed by atoms with Crippen LogP contribution in [-0.4, -0.2) is 29.2 Å². The van der Waals surface area contributed by atoms with E-state index in [0.717, 1.165) is 25.7 Å². The van der Waals surface area contributed by atoms with Crippen LogP contribution < -0.4 is 5.32 Å². The molecule has 1 aromatic rings. The number of nitrogens with one attached hydrogen (secondary N) is 1. The summed E-state index contributed by atoms with van der Waals surface area (Å²) in [5.41, 5.74) is 1.45. The Kier molecular flexibility index (Phi) is 5.74. The summed E-state index contributed by atoms with van der Waals surface area (Å²) in [7, 11) is 0. The first-order valence-electron chi connectivity index (χ1n) is 9.86. The van der Waals surface area contributed by atoms with Gasteiger partial charge in [-0.3, -0.25) is 19.3 Å². The fourth-order valence-corrected chi connectivity index (χ4v) is 4.07. The first-order valence-corrected chi connectivity index (χ1v) is 9.86. The molecule has 0 spiro atoms. The molecule has 3 amide bonds. The maximum Gasteiger partial charge on any atom is 0.261 e. The minimum absolute atomic E-state index is 0.0363. The molecule has 1 aliphatic heterocycles. The highest BCUT2D eigenvalue weighted by atomic mass is 16.2. The van der Waals surface area contributed by atoms with Gasteiger partial charge in [0.2, 0.25) is 5.91 Å². The molecule has 1 N–H and O–H groups in total. The summed E-state index contributed by atoms with van der Waals surface area (Å²) in [4.78, 5) is 39.1. The maximum atomic E-state index is 12.8. The Morgan fingerprint density at radius 2 is 1.73 bits per heavy atom. The lowest BCUT2D eigenvalue weighted by Gasteiger charge is -2.25. The summed E-state index contributed by atoms with van der Waals surface area (Å²) in [6.07, 6.45) is 7.34. The number of carbonyl (C=O) groups excluding carboxylic acids is 3. The fourth-order valence-electron chi connectivity index (χ4n) is 4.07. The number of nitrogens with zero attached hydrogens (tertiary/aromatic N) is 1. The van der Waals surface area contributed by atoms with Crippen LogP contribution in [-0.2, 0) is 4.79 Å². The van der Waals surface area contributed by atoms with Crippen LogP contribution in [0, 0.1) is 11.8 Å². The highest BCUT2D eigenvalue weighted by Gasteiger charge is 2.37. The van der Waals surface area contributed by atoms with Crippen LogP contribution in [0.25, 0.3) is 0 Å². The number of imide groups is 1. The van der Waals surface area contributed by atoms with Gasteiger partial charge in [-0.05, 0) is 49.8 Å². The molecule has 1 heterocycles. The van der Waals surface area contributed by atoms with Gasteiger partial charge >= 0.3 is 0 Å². The van der Waals surface area contributed by atoms with Crippen molar-refractivity contribution in [2.75, 3.05) is 11.9 Å². The molecule has 1 fully saturated rings. The van der Waals surface area contributed by atoms with Gasteiger partial charge in [-0.2, -0.15) is 0 Å². The lowest BCUT2D eigenvalue weighted by Crippen LogP contribution is -2.35. The van der Waals surface area contributed by atoms with Crippen molar-refractivity contribution in [3.8, 4) is 0 Å². The predicted molar refractivity (Wildman–Crippen MR) is 101 cm³/mol. The van der Waals surface area contributed by atoms with Gasteiger partial charge in [0.15, 0.2) is 0 Å². The van der Waals surface area contributed by atoms with E-state index in [0.29, 0.717) is 29.3 Å². The molecule has 5 heteroatoms. The zero-order valence-corrected chi connectivity index (χ0v) is 15.7. The van der Waals surface area contributed by atoms with E-state index in [1.807, 2.05) is 13.8 Å². The van der Waals surface area contributed by atoms with Crippen molar-refractivity contribution >= 4 is 23.4 Å².